The largest absolute Gasteiger partial charge is 0.495 e. The monoisotopic (exact) mass is 398 g/mol. The van der Waals surface area contributed by atoms with E-state index < -0.39 is 0 Å². The highest BCUT2D eigenvalue weighted by Gasteiger charge is 2.39. The van der Waals surface area contributed by atoms with Gasteiger partial charge < -0.3 is 15.0 Å². The van der Waals surface area contributed by atoms with Crippen LogP contribution in [0.4, 0.5) is 5.69 Å². The predicted octanol–water partition coefficient (Wildman–Crippen LogP) is 3.97. The van der Waals surface area contributed by atoms with E-state index in [1.165, 1.54) is 0 Å². The minimum Gasteiger partial charge on any atom is -0.495 e. The molecule has 2 aromatic rings. The van der Waals surface area contributed by atoms with Crippen molar-refractivity contribution in [2.24, 2.45) is 11.8 Å². The lowest BCUT2D eigenvalue weighted by Crippen LogP contribution is -2.36. The quantitative estimate of drug-likeness (QED) is 0.801. The lowest BCUT2D eigenvalue weighted by Gasteiger charge is -2.22. The average molecular weight is 399 g/mol. The molecule has 1 saturated carbocycles. The Morgan fingerprint density at radius 2 is 1.89 bits per heavy atom. The number of halogens is 1. The number of hydrogen-bond acceptors (Lipinski definition) is 3. The van der Waals surface area contributed by atoms with Crippen molar-refractivity contribution < 1.29 is 14.3 Å². The lowest BCUT2D eigenvalue weighted by molar-refractivity contribution is -0.127. The van der Waals surface area contributed by atoms with Gasteiger partial charge in [-0.25, -0.2) is 0 Å². The van der Waals surface area contributed by atoms with E-state index in [9.17, 15) is 9.59 Å². The average Bonchev–Trinajstić information content (AvgIpc) is 3.48. The molecule has 1 heterocycles. The van der Waals surface area contributed by atoms with E-state index in [1.54, 1.807) is 12.0 Å². The minimum atomic E-state index is -0.369. The lowest BCUT2D eigenvalue weighted by atomic mass is 10.0. The molecule has 2 atom stereocenters. The summed E-state index contributed by atoms with van der Waals surface area (Å²) in [6.07, 6.45) is 2.41. The van der Waals surface area contributed by atoms with Gasteiger partial charge in [0.1, 0.15) is 5.75 Å². The van der Waals surface area contributed by atoms with Crippen LogP contribution in [0.5, 0.6) is 5.75 Å². The summed E-state index contributed by atoms with van der Waals surface area (Å²) in [7, 11) is 1.58. The van der Waals surface area contributed by atoms with Gasteiger partial charge in [0.25, 0.3) is 0 Å². The zero-order valence-electron chi connectivity index (χ0n) is 15.7. The van der Waals surface area contributed by atoms with Crippen molar-refractivity contribution in [1.82, 2.24) is 5.32 Å². The molecule has 0 spiro atoms. The summed E-state index contributed by atoms with van der Waals surface area (Å²) < 4.78 is 5.37. The van der Waals surface area contributed by atoms with Crippen LogP contribution in [0.3, 0.4) is 0 Å². The summed E-state index contributed by atoms with van der Waals surface area (Å²) in [5.74, 6) is 0.587. The van der Waals surface area contributed by atoms with Crippen molar-refractivity contribution >= 4 is 29.1 Å². The van der Waals surface area contributed by atoms with E-state index in [1.807, 2.05) is 48.5 Å². The molecular weight excluding hydrogens is 376 g/mol. The van der Waals surface area contributed by atoms with Gasteiger partial charge in [0, 0.05) is 18.0 Å². The van der Waals surface area contributed by atoms with Crippen LogP contribution in [0, 0.1) is 11.8 Å². The number of hydrogen-bond donors (Lipinski definition) is 1. The maximum atomic E-state index is 13.0. The van der Waals surface area contributed by atoms with Crippen LogP contribution in [0.2, 0.25) is 5.02 Å². The van der Waals surface area contributed by atoms with Gasteiger partial charge in [0.05, 0.1) is 24.8 Å². The molecule has 1 aliphatic heterocycles. The first kappa shape index (κ1) is 18.8. The highest BCUT2D eigenvalue weighted by atomic mass is 35.5. The molecular formula is C22H23ClN2O3. The summed E-state index contributed by atoms with van der Waals surface area (Å²) in [4.78, 5) is 27.2. The molecule has 28 heavy (non-hydrogen) atoms. The molecule has 5 nitrogen and oxygen atoms in total. The molecule has 4 rings (SSSR count). The Kier molecular flexibility index (Phi) is 5.27. The Hall–Kier alpha value is -2.53. The van der Waals surface area contributed by atoms with Crippen molar-refractivity contribution in [3.05, 3.63) is 59.1 Å². The van der Waals surface area contributed by atoms with Crippen molar-refractivity contribution in [3.8, 4) is 5.75 Å². The number of anilines is 1. The second kappa shape index (κ2) is 7.84. The van der Waals surface area contributed by atoms with E-state index >= 15 is 0 Å². The third-order valence-corrected chi connectivity index (χ3v) is 5.74. The van der Waals surface area contributed by atoms with Crippen molar-refractivity contribution in [2.45, 2.75) is 25.3 Å². The van der Waals surface area contributed by atoms with Crippen LogP contribution in [-0.2, 0) is 9.59 Å². The Balaban J connectivity index is 1.47. The summed E-state index contributed by atoms with van der Waals surface area (Å²) in [6, 6.07) is 15.0. The van der Waals surface area contributed by atoms with E-state index in [2.05, 4.69) is 5.32 Å². The zero-order chi connectivity index (χ0) is 19.7. The molecule has 2 unspecified atom stereocenters. The first-order chi connectivity index (χ1) is 13.6. The Morgan fingerprint density at radius 1 is 1.18 bits per heavy atom. The third-order valence-electron chi connectivity index (χ3n) is 5.49. The first-order valence-electron chi connectivity index (χ1n) is 9.56. The van der Waals surface area contributed by atoms with Crippen LogP contribution in [-0.4, -0.2) is 25.5 Å². The van der Waals surface area contributed by atoms with Crippen molar-refractivity contribution in [3.63, 3.8) is 0 Å². The molecule has 146 valence electrons. The number of amides is 2. The predicted molar refractivity (Wildman–Crippen MR) is 109 cm³/mol. The SMILES string of the molecule is COc1ccccc1N1CC(C(=O)NC(c2ccc(Cl)cc2)C2CC2)CC1=O. The standard InChI is InChI=1S/C22H23ClN2O3/c1-28-19-5-3-2-4-18(19)25-13-16(12-20(25)26)22(27)24-21(14-6-7-14)15-8-10-17(23)11-9-15/h2-5,8-11,14,16,21H,6-7,12-13H2,1H3,(H,24,27). The second-order valence-electron chi connectivity index (χ2n) is 7.45. The molecule has 2 fully saturated rings. The van der Waals surface area contributed by atoms with Gasteiger partial charge in [0.15, 0.2) is 0 Å². The van der Waals surface area contributed by atoms with Crippen LogP contribution >= 0.6 is 11.6 Å². The molecule has 2 aromatic carbocycles. The maximum Gasteiger partial charge on any atom is 0.227 e. The Bertz CT molecular complexity index is 880. The highest BCUT2D eigenvalue weighted by Crippen LogP contribution is 2.41. The van der Waals surface area contributed by atoms with Gasteiger partial charge in [-0.1, -0.05) is 35.9 Å². The van der Waals surface area contributed by atoms with Crippen molar-refractivity contribution in [2.75, 3.05) is 18.6 Å². The topological polar surface area (TPSA) is 58.6 Å². The fourth-order valence-corrected chi connectivity index (χ4v) is 3.94. The van der Waals surface area contributed by atoms with E-state index in [0.717, 1.165) is 18.4 Å². The normalized spacial score (nSPS) is 20.1. The molecule has 0 bridgehead atoms. The summed E-state index contributed by atoms with van der Waals surface area (Å²) in [5, 5.41) is 3.86. The second-order valence-corrected chi connectivity index (χ2v) is 7.89. The van der Waals surface area contributed by atoms with Crippen LogP contribution in [0.25, 0.3) is 0 Å². The third kappa shape index (κ3) is 3.85. The number of carbonyl (C=O) groups excluding carboxylic acids is 2. The molecule has 1 saturated heterocycles. The number of ether oxygens (including phenoxy) is 1. The molecule has 1 N–H and O–H groups in total. The maximum absolute atomic E-state index is 13.0. The van der Waals surface area contributed by atoms with E-state index in [-0.39, 0.29) is 30.2 Å². The summed E-state index contributed by atoms with van der Waals surface area (Å²) in [5.41, 5.74) is 1.77. The molecule has 6 heteroatoms. The number of nitrogens with one attached hydrogen (secondary N) is 1. The number of rotatable bonds is 6. The highest BCUT2D eigenvalue weighted by molar-refractivity contribution is 6.30. The number of methoxy groups -OCH3 is 1. The number of carbonyl (C=O) groups is 2. The van der Waals surface area contributed by atoms with E-state index in [4.69, 9.17) is 16.3 Å². The van der Waals surface area contributed by atoms with Crippen LogP contribution in [0.15, 0.2) is 48.5 Å². The Labute approximate surface area is 169 Å². The minimum absolute atomic E-state index is 0.0276. The molecule has 1 aliphatic carbocycles. The van der Waals surface area contributed by atoms with Gasteiger partial charge in [0.2, 0.25) is 11.8 Å². The van der Waals surface area contributed by atoms with Gasteiger partial charge in [-0.05, 0) is 48.6 Å². The molecule has 0 radical (unpaired) electrons. The summed E-state index contributed by atoms with van der Waals surface area (Å²) in [6.45, 7) is 0.364. The number of nitrogens with zero attached hydrogens (tertiary/aromatic N) is 1. The smallest absolute Gasteiger partial charge is 0.227 e. The van der Waals surface area contributed by atoms with Gasteiger partial charge in [-0.3, -0.25) is 9.59 Å². The van der Waals surface area contributed by atoms with Crippen LogP contribution < -0.4 is 15.0 Å². The van der Waals surface area contributed by atoms with Crippen molar-refractivity contribution in [1.29, 1.82) is 0 Å². The fourth-order valence-electron chi connectivity index (χ4n) is 3.81. The number of benzene rings is 2. The Morgan fingerprint density at radius 3 is 2.57 bits per heavy atom. The van der Waals surface area contributed by atoms with Gasteiger partial charge in [-0.2, -0.15) is 0 Å². The van der Waals surface area contributed by atoms with E-state index in [0.29, 0.717) is 28.9 Å². The molecule has 2 amide bonds. The van der Waals surface area contributed by atoms with Gasteiger partial charge >= 0.3 is 0 Å². The fraction of sp³-hybridized carbons (Fsp3) is 0.364. The first-order valence-corrected chi connectivity index (χ1v) is 9.94. The number of para-hydroxylation sites is 2. The summed E-state index contributed by atoms with van der Waals surface area (Å²) >= 11 is 6.00. The van der Waals surface area contributed by atoms with Gasteiger partial charge in [-0.15, -0.1) is 0 Å². The van der Waals surface area contributed by atoms with Crippen LogP contribution in [0.1, 0.15) is 30.9 Å². The molecule has 2 aliphatic rings. The molecule has 0 aromatic heterocycles. The zero-order valence-corrected chi connectivity index (χ0v) is 16.5.